The van der Waals surface area contributed by atoms with Gasteiger partial charge in [0.05, 0.1) is 27.7 Å². The molecule has 52 heavy (non-hydrogen) atoms. The lowest BCUT2D eigenvalue weighted by molar-refractivity contribution is -0.870. The van der Waals surface area contributed by atoms with Gasteiger partial charge in [0.25, 0.3) is 0 Å². The lowest BCUT2D eigenvalue weighted by atomic mass is 10.0. The van der Waals surface area contributed by atoms with E-state index in [1.54, 1.807) is 0 Å². The summed E-state index contributed by atoms with van der Waals surface area (Å²) >= 11 is 0. The van der Waals surface area contributed by atoms with E-state index in [4.69, 9.17) is 18.5 Å². The molecule has 0 fully saturated rings. The van der Waals surface area contributed by atoms with E-state index in [0.29, 0.717) is 17.4 Å². The van der Waals surface area contributed by atoms with Gasteiger partial charge in [0.15, 0.2) is 6.10 Å². The Bertz CT molecular complexity index is 907. The van der Waals surface area contributed by atoms with Crippen molar-refractivity contribution < 1.29 is 42.1 Å². The number of unbranched alkanes of at least 4 members (excludes halogenated alkanes) is 23. The molecule has 0 spiro atoms. The van der Waals surface area contributed by atoms with Crippen LogP contribution in [-0.2, 0) is 32.7 Å². The molecular weight excluding hydrogens is 677 g/mol. The number of phosphoric acid groups is 1. The fraction of sp³-hybridized carbons (Fsp3) is 0.905. The fourth-order valence-electron chi connectivity index (χ4n) is 5.89. The van der Waals surface area contributed by atoms with Crippen LogP contribution < -0.4 is 0 Å². The van der Waals surface area contributed by atoms with E-state index in [2.05, 4.69) is 26.0 Å². The van der Waals surface area contributed by atoms with Crippen LogP contribution in [-0.4, -0.2) is 74.9 Å². The number of carbonyl (C=O) groups is 2. The summed E-state index contributed by atoms with van der Waals surface area (Å²) < 4.78 is 34.3. The van der Waals surface area contributed by atoms with Crippen molar-refractivity contribution >= 4 is 19.8 Å². The molecule has 0 aromatic carbocycles. The van der Waals surface area contributed by atoms with Gasteiger partial charge >= 0.3 is 19.8 Å². The first-order chi connectivity index (χ1) is 25.0. The maximum absolute atomic E-state index is 12.7. The second-order valence-electron chi connectivity index (χ2n) is 15.7. The van der Waals surface area contributed by atoms with E-state index >= 15 is 0 Å². The lowest BCUT2D eigenvalue weighted by Gasteiger charge is -2.24. The van der Waals surface area contributed by atoms with Gasteiger partial charge in [-0.05, 0) is 38.5 Å². The summed E-state index contributed by atoms with van der Waals surface area (Å²) in [6.45, 7) is 4.41. The normalized spacial score (nSPS) is 13.7. The van der Waals surface area contributed by atoms with Crippen LogP contribution in [0.1, 0.15) is 194 Å². The van der Waals surface area contributed by atoms with Crippen LogP contribution >= 0.6 is 7.82 Å². The Labute approximate surface area is 320 Å². The Morgan fingerprint density at radius 2 is 0.981 bits per heavy atom. The Hall–Kier alpha value is -1.25. The highest BCUT2D eigenvalue weighted by atomic mass is 31.2. The monoisotopic (exact) mass is 761 g/mol. The summed E-state index contributed by atoms with van der Waals surface area (Å²) in [5.41, 5.74) is 0. The number of quaternary nitrogens is 1. The summed E-state index contributed by atoms with van der Waals surface area (Å²) in [7, 11) is 1.48. The zero-order valence-corrected chi connectivity index (χ0v) is 35.5. The molecule has 0 bridgehead atoms. The second-order valence-corrected chi connectivity index (χ2v) is 17.2. The van der Waals surface area contributed by atoms with E-state index in [-0.39, 0.29) is 32.0 Å². The smallest absolute Gasteiger partial charge is 0.462 e. The molecule has 9 nitrogen and oxygen atoms in total. The largest absolute Gasteiger partial charge is 0.472 e. The summed E-state index contributed by atoms with van der Waals surface area (Å²) in [5, 5.41) is 0. The Morgan fingerprint density at radius 3 is 1.44 bits per heavy atom. The summed E-state index contributed by atoms with van der Waals surface area (Å²) in [4.78, 5) is 35.3. The van der Waals surface area contributed by atoms with Gasteiger partial charge in [-0.25, -0.2) is 4.57 Å². The number of hydrogen-bond acceptors (Lipinski definition) is 7. The first kappa shape index (κ1) is 50.8. The van der Waals surface area contributed by atoms with Crippen LogP contribution in [0.5, 0.6) is 0 Å². The quantitative estimate of drug-likeness (QED) is 0.0217. The predicted octanol–water partition coefficient (Wildman–Crippen LogP) is 11.8. The van der Waals surface area contributed by atoms with E-state index in [1.165, 1.54) is 109 Å². The first-order valence-electron chi connectivity index (χ1n) is 21.4. The highest BCUT2D eigenvalue weighted by molar-refractivity contribution is 7.47. The fourth-order valence-corrected chi connectivity index (χ4v) is 6.63. The van der Waals surface area contributed by atoms with Crippen LogP contribution in [0, 0.1) is 0 Å². The molecule has 0 aliphatic rings. The summed E-state index contributed by atoms with van der Waals surface area (Å²) in [6, 6.07) is 0. The minimum Gasteiger partial charge on any atom is -0.462 e. The first-order valence-corrected chi connectivity index (χ1v) is 22.9. The molecule has 0 amide bonds. The molecule has 2 unspecified atom stereocenters. The zero-order chi connectivity index (χ0) is 38.6. The van der Waals surface area contributed by atoms with Gasteiger partial charge < -0.3 is 18.9 Å². The van der Waals surface area contributed by atoms with Gasteiger partial charge in [-0.3, -0.25) is 18.6 Å². The van der Waals surface area contributed by atoms with Gasteiger partial charge in [-0.2, -0.15) is 0 Å². The molecule has 0 heterocycles. The molecule has 0 radical (unpaired) electrons. The van der Waals surface area contributed by atoms with Crippen LogP contribution in [0.25, 0.3) is 0 Å². The van der Waals surface area contributed by atoms with Crippen molar-refractivity contribution in [1.82, 2.24) is 0 Å². The lowest BCUT2D eigenvalue weighted by Crippen LogP contribution is -2.37. The van der Waals surface area contributed by atoms with Crippen LogP contribution in [0.15, 0.2) is 12.2 Å². The Kier molecular flexibility index (Phi) is 34.6. The zero-order valence-electron chi connectivity index (χ0n) is 34.6. The number of likely N-dealkylation sites (N-methyl/N-ethyl adjacent to an activating group) is 1. The number of carbonyl (C=O) groups excluding carboxylic acids is 2. The standard InChI is InChI=1S/C42H82NO8P/c1-6-8-10-12-14-16-18-20-21-23-25-27-29-31-33-35-42(45)51-40(39-50-52(46,47)49-37-36-43(3,4)5)38-48-41(44)34-32-30-28-26-24-22-19-17-15-13-11-9-7-2/h17,19,40H,6-16,18,20-39H2,1-5H3/p+1/b19-17-. The Balaban J connectivity index is 4.36. The second kappa shape index (κ2) is 35.5. The minimum absolute atomic E-state index is 0.0335. The summed E-state index contributed by atoms with van der Waals surface area (Å²) in [6.07, 6.45) is 35.3. The van der Waals surface area contributed by atoms with E-state index in [0.717, 1.165) is 51.4 Å². The molecule has 0 saturated carbocycles. The van der Waals surface area contributed by atoms with E-state index < -0.39 is 26.5 Å². The van der Waals surface area contributed by atoms with Gasteiger partial charge in [0.2, 0.25) is 0 Å². The topological polar surface area (TPSA) is 108 Å². The van der Waals surface area contributed by atoms with Crippen LogP contribution in [0.3, 0.4) is 0 Å². The molecule has 2 atom stereocenters. The van der Waals surface area contributed by atoms with E-state index in [9.17, 15) is 19.0 Å². The van der Waals surface area contributed by atoms with Crippen molar-refractivity contribution in [2.24, 2.45) is 0 Å². The molecule has 10 heteroatoms. The highest BCUT2D eigenvalue weighted by Crippen LogP contribution is 2.43. The average molecular weight is 761 g/mol. The van der Waals surface area contributed by atoms with Crippen molar-refractivity contribution in [2.45, 2.75) is 200 Å². The molecule has 308 valence electrons. The number of nitrogens with zero attached hydrogens (tertiary/aromatic N) is 1. The third kappa shape index (κ3) is 38.5. The van der Waals surface area contributed by atoms with E-state index in [1.807, 2.05) is 21.1 Å². The SMILES string of the molecule is CCCCCC/C=C\CCCCCCCC(=O)OCC(COP(=O)(O)OCC[N+](C)(C)C)OC(=O)CCCCCCCCCCCCCCCCC. The molecule has 0 aromatic heterocycles. The van der Waals surface area contributed by atoms with Crippen molar-refractivity contribution in [3.63, 3.8) is 0 Å². The number of ether oxygens (including phenoxy) is 2. The number of hydrogen-bond donors (Lipinski definition) is 1. The molecule has 0 aliphatic heterocycles. The maximum Gasteiger partial charge on any atom is 0.472 e. The number of esters is 2. The molecule has 0 rings (SSSR count). The highest BCUT2D eigenvalue weighted by Gasteiger charge is 2.27. The van der Waals surface area contributed by atoms with Gasteiger partial charge in [-0.15, -0.1) is 0 Å². The molecule has 0 aromatic rings. The number of phosphoric ester groups is 1. The van der Waals surface area contributed by atoms with Crippen molar-refractivity contribution in [3.8, 4) is 0 Å². The van der Waals surface area contributed by atoms with Gasteiger partial charge in [-0.1, -0.05) is 154 Å². The molecule has 1 N–H and O–H groups in total. The summed E-state index contributed by atoms with van der Waals surface area (Å²) in [5.74, 6) is -0.801. The van der Waals surface area contributed by atoms with Crippen LogP contribution in [0.4, 0.5) is 0 Å². The van der Waals surface area contributed by atoms with Crippen molar-refractivity contribution in [2.75, 3.05) is 47.5 Å². The maximum atomic E-state index is 12.7. The number of rotatable bonds is 39. The van der Waals surface area contributed by atoms with Crippen molar-refractivity contribution in [1.29, 1.82) is 0 Å². The average Bonchev–Trinajstić information content (AvgIpc) is 3.09. The third-order valence-corrected chi connectivity index (χ3v) is 10.3. The molecular formula is C42H83NO8P+. The molecule has 0 aliphatic carbocycles. The van der Waals surface area contributed by atoms with Gasteiger partial charge in [0.1, 0.15) is 19.8 Å². The van der Waals surface area contributed by atoms with Gasteiger partial charge in [0, 0.05) is 12.8 Å². The molecule has 0 saturated heterocycles. The van der Waals surface area contributed by atoms with Crippen LogP contribution in [0.2, 0.25) is 0 Å². The number of allylic oxidation sites excluding steroid dienone is 2. The minimum atomic E-state index is -4.37. The predicted molar refractivity (Wildman–Crippen MR) is 215 cm³/mol. The van der Waals surface area contributed by atoms with Crippen molar-refractivity contribution in [3.05, 3.63) is 12.2 Å². The third-order valence-electron chi connectivity index (χ3n) is 9.30. The Morgan fingerprint density at radius 1 is 0.577 bits per heavy atom.